The second-order valence-electron chi connectivity index (χ2n) is 5.64. The summed E-state index contributed by atoms with van der Waals surface area (Å²) in [6.07, 6.45) is 0. The Morgan fingerprint density at radius 3 is 2.42 bits per heavy atom. The minimum absolute atomic E-state index is 0.355. The molecule has 0 aliphatic rings. The number of rotatable bonds is 6. The first-order chi connectivity index (χ1) is 11.4. The highest BCUT2D eigenvalue weighted by molar-refractivity contribution is 6.32. The molecule has 2 aromatic rings. The Hall–Kier alpha value is -2.20. The van der Waals surface area contributed by atoms with Crippen LogP contribution in [0.15, 0.2) is 30.3 Å². The number of anilines is 1. The molecule has 0 saturated heterocycles. The molecule has 2 rings (SSSR count). The van der Waals surface area contributed by atoms with Crippen molar-refractivity contribution in [2.75, 3.05) is 25.6 Å². The van der Waals surface area contributed by atoms with Gasteiger partial charge in [0.05, 0.1) is 18.4 Å². The molecule has 0 saturated carbocycles. The Morgan fingerprint density at radius 2 is 1.79 bits per heavy atom. The molecule has 0 atom stereocenters. The van der Waals surface area contributed by atoms with Gasteiger partial charge in [0.15, 0.2) is 0 Å². The fourth-order valence-corrected chi connectivity index (χ4v) is 2.63. The van der Waals surface area contributed by atoms with Gasteiger partial charge in [-0.2, -0.15) is 0 Å². The van der Waals surface area contributed by atoms with E-state index in [0.29, 0.717) is 18.7 Å². The van der Waals surface area contributed by atoms with Gasteiger partial charge in [0.25, 0.3) is 0 Å². The number of esters is 1. The van der Waals surface area contributed by atoms with E-state index in [4.69, 9.17) is 21.1 Å². The molecule has 0 bridgehead atoms. The number of carbonyl (C=O) groups is 1. The Labute approximate surface area is 147 Å². The summed E-state index contributed by atoms with van der Waals surface area (Å²) >= 11 is 6.16. The van der Waals surface area contributed by atoms with Crippen LogP contribution in [0.3, 0.4) is 0 Å². The lowest BCUT2D eigenvalue weighted by Crippen LogP contribution is -2.15. The van der Waals surface area contributed by atoms with Gasteiger partial charge < -0.3 is 14.8 Å². The molecule has 0 fully saturated rings. The highest BCUT2D eigenvalue weighted by Crippen LogP contribution is 2.26. The monoisotopic (exact) mass is 347 g/mol. The summed E-state index contributed by atoms with van der Waals surface area (Å²) in [5.74, 6) is 0.431. The largest absolute Gasteiger partial charge is 0.492 e. The van der Waals surface area contributed by atoms with E-state index in [9.17, 15) is 4.79 Å². The summed E-state index contributed by atoms with van der Waals surface area (Å²) in [5.41, 5.74) is 4.26. The first kappa shape index (κ1) is 18.1. The van der Waals surface area contributed by atoms with Gasteiger partial charge in [-0.15, -0.1) is 0 Å². The topological polar surface area (TPSA) is 47.6 Å². The number of aryl methyl sites for hydroxylation is 3. The fourth-order valence-electron chi connectivity index (χ4n) is 2.52. The third-order valence-corrected chi connectivity index (χ3v) is 4.36. The van der Waals surface area contributed by atoms with Crippen LogP contribution in [0.5, 0.6) is 5.75 Å². The normalized spacial score (nSPS) is 10.4. The summed E-state index contributed by atoms with van der Waals surface area (Å²) < 4.78 is 10.6. The molecule has 0 amide bonds. The smallest absolute Gasteiger partial charge is 0.339 e. The average Bonchev–Trinajstić information content (AvgIpc) is 2.56. The first-order valence-corrected chi connectivity index (χ1v) is 8.13. The molecule has 0 aliphatic carbocycles. The number of methoxy groups -OCH3 is 1. The molecule has 4 nitrogen and oxygen atoms in total. The first-order valence-electron chi connectivity index (χ1n) is 7.75. The van der Waals surface area contributed by atoms with E-state index in [-0.39, 0.29) is 5.97 Å². The van der Waals surface area contributed by atoms with Crippen LogP contribution in [0.2, 0.25) is 5.02 Å². The zero-order chi connectivity index (χ0) is 17.7. The molecule has 24 heavy (non-hydrogen) atoms. The van der Waals surface area contributed by atoms with Gasteiger partial charge in [-0.3, -0.25) is 0 Å². The summed E-state index contributed by atoms with van der Waals surface area (Å²) in [4.78, 5) is 11.8. The van der Waals surface area contributed by atoms with Crippen molar-refractivity contribution in [1.82, 2.24) is 0 Å². The van der Waals surface area contributed by atoms with Crippen LogP contribution in [0, 0.1) is 20.8 Å². The number of nitrogens with one attached hydrogen (secondary N) is 1. The van der Waals surface area contributed by atoms with Gasteiger partial charge in [-0.25, -0.2) is 4.79 Å². The van der Waals surface area contributed by atoms with Crippen molar-refractivity contribution in [1.29, 1.82) is 0 Å². The summed E-state index contributed by atoms with van der Waals surface area (Å²) in [5, 5.41) is 4.02. The highest BCUT2D eigenvalue weighted by atomic mass is 35.5. The third kappa shape index (κ3) is 4.20. The summed E-state index contributed by atoms with van der Waals surface area (Å²) in [6.45, 7) is 6.89. The number of halogens is 1. The van der Waals surface area contributed by atoms with E-state index >= 15 is 0 Å². The lowest BCUT2D eigenvalue weighted by molar-refractivity contribution is 0.0601. The minimum atomic E-state index is -0.355. The van der Waals surface area contributed by atoms with Gasteiger partial charge >= 0.3 is 5.97 Å². The van der Waals surface area contributed by atoms with Crippen molar-refractivity contribution in [2.24, 2.45) is 0 Å². The molecule has 1 N–H and O–H groups in total. The van der Waals surface area contributed by atoms with E-state index in [1.165, 1.54) is 7.11 Å². The molecule has 0 radical (unpaired) electrons. The fraction of sp³-hybridized carbons (Fsp3) is 0.316. The van der Waals surface area contributed by atoms with E-state index in [1.54, 1.807) is 6.07 Å². The van der Waals surface area contributed by atoms with Crippen molar-refractivity contribution in [3.63, 3.8) is 0 Å². The Kier molecular flexibility index (Phi) is 6.10. The zero-order valence-electron chi connectivity index (χ0n) is 14.4. The Bertz CT molecular complexity index is 720. The van der Waals surface area contributed by atoms with Crippen molar-refractivity contribution in [2.45, 2.75) is 20.8 Å². The molecular weight excluding hydrogens is 326 g/mol. The minimum Gasteiger partial charge on any atom is -0.492 e. The maximum Gasteiger partial charge on any atom is 0.339 e. The predicted octanol–water partition coefficient (Wildman–Crippen LogP) is 4.54. The molecule has 0 spiro atoms. The predicted molar refractivity (Wildman–Crippen MR) is 97.4 cm³/mol. The maximum absolute atomic E-state index is 11.8. The third-order valence-electron chi connectivity index (χ3n) is 3.76. The van der Waals surface area contributed by atoms with Crippen molar-refractivity contribution >= 4 is 23.3 Å². The number of hydrogen-bond acceptors (Lipinski definition) is 4. The van der Waals surface area contributed by atoms with E-state index in [1.807, 2.05) is 45.0 Å². The number of carbonyl (C=O) groups excluding carboxylic acids is 1. The van der Waals surface area contributed by atoms with Crippen molar-refractivity contribution in [3.05, 3.63) is 57.6 Å². The van der Waals surface area contributed by atoms with Crippen molar-refractivity contribution < 1.29 is 14.3 Å². The van der Waals surface area contributed by atoms with Gasteiger partial charge in [-0.1, -0.05) is 23.7 Å². The number of para-hydroxylation sites is 1. The molecular formula is C19H22ClNO3. The Morgan fingerprint density at radius 1 is 1.12 bits per heavy atom. The highest BCUT2D eigenvalue weighted by Gasteiger charge is 2.13. The lowest BCUT2D eigenvalue weighted by Gasteiger charge is -2.14. The molecule has 0 unspecified atom stereocenters. The maximum atomic E-state index is 11.8. The average molecular weight is 348 g/mol. The quantitative estimate of drug-likeness (QED) is 0.615. The van der Waals surface area contributed by atoms with Crippen LogP contribution in [0.4, 0.5) is 5.69 Å². The molecule has 0 aromatic heterocycles. The van der Waals surface area contributed by atoms with E-state index in [2.05, 4.69) is 5.32 Å². The number of ether oxygens (including phenoxy) is 2. The number of hydrogen-bond donors (Lipinski definition) is 1. The second kappa shape index (κ2) is 8.06. The number of benzene rings is 2. The van der Waals surface area contributed by atoms with Crippen LogP contribution in [0.25, 0.3) is 0 Å². The molecule has 0 heterocycles. The van der Waals surface area contributed by atoms with E-state index in [0.717, 1.165) is 33.1 Å². The van der Waals surface area contributed by atoms with Gasteiger partial charge in [-0.05, 0) is 55.7 Å². The van der Waals surface area contributed by atoms with Gasteiger partial charge in [0.1, 0.15) is 12.4 Å². The zero-order valence-corrected chi connectivity index (χ0v) is 15.2. The molecule has 0 aliphatic heterocycles. The van der Waals surface area contributed by atoms with Crippen LogP contribution >= 0.6 is 11.6 Å². The molecule has 5 heteroatoms. The van der Waals surface area contributed by atoms with E-state index < -0.39 is 0 Å². The summed E-state index contributed by atoms with van der Waals surface area (Å²) in [7, 11) is 1.38. The lowest BCUT2D eigenvalue weighted by atomic mass is 10.1. The Balaban J connectivity index is 1.99. The molecule has 128 valence electrons. The van der Waals surface area contributed by atoms with Crippen LogP contribution in [-0.4, -0.2) is 26.2 Å². The van der Waals surface area contributed by atoms with Gasteiger partial charge in [0.2, 0.25) is 0 Å². The van der Waals surface area contributed by atoms with Gasteiger partial charge in [0, 0.05) is 11.6 Å². The van der Waals surface area contributed by atoms with Crippen LogP contribution in [0.1, 0.15) is 27.0 Å². The SMILES string of the molecule is COC(=O)c1cccc(C)c1NCCOc1cc(C)c(Cl)c(C)c1. The van der Waals surface area contributed by atoms with Crippen molar-refractivity contribution in [3.8, 4) is 5.75 Å². The molecule has 2 aromatic carbocycles. The summed E-state index contributed by atoms with van der Waals surface area (Å²) in [6, 6.07) is 9.37. The van der Waals surface area contributed by atoms with Crippen LogP contribution < -0.4 is 10.1 Å². The second-order valence-corrected chi connectivity index (χ2v) is 6.01. The van der Waals surface area contributed by atoms with Crippen LogP contribution in [-0.2, 0) is 4.74 Å². The standard InChI is InChI=1S/C19H22ClNO3/c1-12-6-5-7-16(19(22)23-4)18(12)21-8-9-24-15-10-13(2)17(20)14(3)11-15/h5-7,10-11,21H,8-9H2,1-4H3.